The maximum absolute atomic E-state index is 5.84. The summed E-state index contributed by atoms with van der Waals surface area (Å²) in [7, 11) is 1.98. The first kappa shape index (κ1) is 14.5. The van der Waals surface area contributed by atoms with E-state index in [2.05, 4.69) is 30.5 Å². The molecule has 1 saturated heterocycles. The highest BCUT2D eigenvalue weighted by molar-refractivity contribution is 5.04. The molecule has 19 heavy (non-hydrogen) atoms. The van der Waals surface area contributed by atoms with Crippen molar-refractivity contribution in [1.82, 2.24) is 15.1 Å². The minimum Gasteiger partial charge on any atom is -0.378 e. The van der Waals surface area contributed by atoms with Crippen LogP contribution in [-0.2, 0) is 18.2 Å². The molecule has 0 saturated carbocycles. The van der Waals surface area contributed by atoms with Crippen molar-refractivity contribution in [3.8, 4) is 0 Å². The number of nitrogens with zero attached hydrogens (tertiary/aromatic N) is 2. The van der Waals surface area contributed by atoms with Gasteiger partial charge in [0.1, 0.15) is 0 Å². The highest BCUT2D eigenvalue weighted by Crippen LogP contribution is 2.28. The number of nitrogens with one attached hydrogen (secondary N) is 1. The van der Waals surface area contributed by atoms with Gasteiger partial charge in [-0.25, -0.2) is 0 Å². The van der Waals surface area contributed by atoms with E-state index in [1.165, 1.54) is 18.4 Å². The smallest absolute Gasteiger partial charge is 0.0616 e. The van der Waals surface area contributed by atoms with Crippen molar-refractivity contribution in [3.63, 3.8) is 0 Å². The molecule has 1 aliphatic heterocycles. The van der Waals surface area contributed by atoms with Gasteiger partial charge in [0.05, 0.1) is 12.3 Å². The molecule has 108 valence electrons. The summed E-state index contributed by atoms with van der Waals surface area (Å²) >= 11 is 0. The third-order valence-electron chi connectivity index (χ3n) is 4.15. The Morgan fingerprint density at radius 2 is 2.37 bits per heavy atom. The van der Waals surface area contributed by atoms with Crippen LogP contribution in [0, 0.1) is 5.92 Å². The third kappa shape index (κ3) is 3.80. The Labute approximate surface area is 116 Å². The molecule has 1 N–H and O–H groups in total. The van der Waals surface area contributed by atoms with Gasteiger partial charge >= 0.3 is 0 Å². The lowest BCUT2D eigenvalue weighted by Crippen LogP contribution is -2.40. The predicted molar refractivity (Wildman–Crippen MR) is 77.1 cm³/mol. The Morgan fingerprint density at radius 1 is 1.53 bits per heavy atom. The number of aromatic nitrogens is 2. The summed E-state index contributed by atoms with van der Waals surface area (Å²) in [6, 6.07) is 0.567. The third-order valence-corrected chi connectivity index (χ3v) is 4.15. The van der Waals surface area contributed by atoms with Crippen LogP contribution in [0.15, 0.2) is 12.4 Å². The highest BCUT2D eigenvalue weighted by atomic mass is 16.5. The summed E-state index contributed by atoms with van der Waals surface area (Å²) in [5, 5.41) is 7.90. The van der Waals surface area contributed by atoms with Crippen LogP contribution in [0.3, 0.4) is 0 Å². The zero-order valence-electron chi connectivity index (χ0n) is 12.4. The first-order valence-corrected chi connectivity index (χ1v) is 7.57. The van der Waals surface area contributed by atoms with Crippen LogP contribution < -0.4 is 5.32 Å². The monoisotopic (exact) mass is 265 g/mol. The average Bonchev–Trinajstić information content (AvgIpc) is 3.03. The SMILES string of the molecule is CCNC(CCc1cnn(C)c1)C1CCOC1CC. The Morgan fingerprint density at radius 3 is 3.00 bits per heavy atom. The largest absolute Gasteiger partial charge is 0.378 e. The number of hydrogen-bond acceptors (Lipinski definition) is 3. The van der Waals surface area contributed by atoms with Gasteiger partial charge in [-0.1, -0.05) is 13.8 Å². The molecule has 3 atom stereocenters. The van der Waals surface area contributed by atoms with E-state index < -0.39 is 0 Å². The molecule has 0 radical (unpaired) electrons. The van der Waals surface area contributed by atoms with Crippen LogP contribution in [0.5, 0.6) is 0 Å². The lowest BCUT2D eigenvalue weighted by molar-refractivity contribution is 0.0767. The zero-order chi connectivity index (χ0) is 13.7. The molecule has 1 aromatic rings. The maximum Gasteiger partial charge on any atom is 0.0616 e. The molecule has 0 aromatic carbocycles. The topological polar surface area (TPSA) is 39.1 Å². The minimum absolute atomic E-state index is 0.443. The van der Waals surface area contributed by atoms with Crippen molar-refractivity contribution in [1.29, 1.82) is 0 Å². The Kier molecular flexibility index (Phi) is 5.40. The van der Waals surface area contributed by atoms with Crippen LogP contribution in [0.1, 0.15) is 38.7 Å². The second kappa shape index (κ2) is 7.06. The quantitative estimate of drug-likeness (QED) is 0.821. The molecule has 4 heteroatoms. The van der Waals surface area contributed by atoms with Crippen molar-refractivity contribution >= 4 is 0 Å². The molecule has 2 rings (SSSR count). The van der Waals surface area contributed by atoms with E-state index in [0.717, 1.165) is 26.0 Å². The second-order valence-corrected chi connectivity index (χ2v) is 5.50. The van der Waals surface area contributed by atoms with E-state index in [1.807, 2.05) is 17.9 Å². The fourth-order valence-electron chi connectivity index (χ4n) is 3.20. The molecular weight excluding hydrogens is 238 g/mol. The Balaban J connectivity index is 1.91. The molecule has 0 spiro atoms. The first-order chi connectivity index (χ1) is 9.24. The maximum atomic E-state index is 5.84. The van der Waals surface area contributed by atoms with Gasteiger partial charge in [0, 0.05) is 31.8 Å². The van der Waals surface area contributed by atoms with Crippen LogP contribution in [-0.4, -0.2) is 35.1 Å². The van der Waals surface area contributed by atoms with Gasteiger partial charge in [-0.15, -0.1) is 0 Å². The van der Waals surface area contributed by atoms with Crippen LogP contribution in [0.2, 0.25) is 0 Å². The van der Waals surface area contributed by atoms with E-state index in [-0.39, 0.29) is 0 Å². The summed E-state index contributed by atoms with van der Waals surface area (Å²) in [6.45, 7) is 6.38. The molecule has 2 heterocycles. The molecule has 0 bridgehead atoms. The summed E-state index contributed by atoms with van der Waals surface area (Å²) < 4.78 is 7.72. The number of rotatable bonds is 7. The van der Waals surface area contributed by atoms with Crippen LogP contribution in [0.4, 0.5) is 0 Å². The fourth-order valence-corrected chi connectivity index (χ4v) is 3.20. The number of aryl methyl sites for hydroxylation is 2. The molecule has 0 aliphatic carbocycles. The van der Waals surface area contributed by atoms with E-state index in [0.29, 0.717) is 18.1 Å². The average molecular weight is 265 g/mol. The van der Waals surface area contributed by atoms with Crippen molar-refractivity contribution < 1.29 is 4.74 Å². The standard InChI is InChI=1S/C15H27N3O/c1-4-15-13(8-9-19-15)14(16-5-2)7-6-12-10-17-18(3)11-12/h10-11,13-16H,4-9H2,1-3H3. The molecule has 1 aliphatic rings. The van der Waals surface area contributed by atoms with Gasteiger partial charge in [-0.05, 0) is 37.8 Å². The molecule has 3 unspecified atom stereocenters. The number of hydrogen-bond donors (Lipinski definition) is 1. The highest BCUT2D eigenvalue weighted by Gasteiger charge is 2.32. The van der Waals surface area contributed by atoms with Gasteiger partial charge in [0.15, 0.2) is 0 Å². The lowest BCUT2D eigenvalue weighted by atomic mass is 9.88. The van der Waals surface area contributed by atoms with Gasteiger partial charge in [-0.2, -0.15) is 5.10 Å². The molecular formula is C15H27N3O. The predicted octanol–water partition coefficient (Wildman–Crippen LogP) is 2.15. The van der Waals surface area contributed by atoms with Crippen LogP contribution >= 0.6 is 0 Å². The van der Waals surface area contributed by atoms with Crippen molar-refractivity contribution in [3.05, 3.63) is 18.0 Å². The first-order valence-electron chi connectivity index (χ1n) is 7.57. The van der Waals surface area contributed by atoms with E-state index >= 15 is 0 Å². The number of ether oxygens (including phenoxy) is 1. The molecule has 1 aromatic heterocycles. The normalized spacial score (nSPS) is 24.8. The summed E-state index contributed by atoms with van der Waals surface area (Å²) in [4.78, 5) is 0. The zero-order valence-corrected chi connectivity index (χ0v) is 12.4. The molecule has 0 amide bonds. The van der Waals surface area contributed by atoms with Crippen molar-refractivity contribution in [2.45, 2.75) is 51.7 Å². The summed E-state index contributed by atoms with van der Waals surface area (Å²) in [5.41, 5.74) is 1.33. The fraction of sp³-hybridized carbons (Fsp3) is 0.800. The Hall–Kier alpha value is -0.870. The van der Waals surface area contributed by atoms with Gasteiger partial charge in [0.25, 0.3) is 0 Å². The van der Waals surface area contributed by atoms with Crippen molar-refractivity contribution in [2.24, 2.45) is 13.0 Å². The summed E-state index contributed by atoms with van der Waals surface area (Å²) in [5.74, 6) is 0.668. The molecule has 4 nitrogen and oxygen atoms in total. The van der Waals surface area contributed by atoms with Gasteiger partial charge < -0.3 is 10.1 Å². The summed E-state index contributed by atoms with van der Waals surface area (Å²) in [6.07, 6.45) is 9.13. The minimum atomic E-state index is 0.443. The van der Waals surface area contributed by atoms with Crippen molar-refractivity contribution in [2.75, 3.05) is 13.2 Å². The lowest BCUT2D eigenvalue weighted by Gasteiger charge is -2.27. The Bertz CT molecular complexity index is 377. The van der Waals surface area contributed by atoms with Gasteiger partial charge in [0.2, 0.25) is 0 Å². The van der Waals surface area contributed by atoms with Gasteiger partial charge in [-0.3, -0.25) is 4.68 Å². The van der Waals surface area contributed by atoms with E-state index in [4.69, 9.17) is 4.74 Å². The van der Waals surface area contributed by atoms with E-state index in [1.54, 1.807) is 0 Å². The van der Waals surface area contributed by atoms with E-state index in [9.17, 15) is 0 Å². The molecule has 1 fully saturated rings. The van der Waals surface area contributed by atoms with Crippen LogP contribution in [0.25, 0.3) is 0 Å². The second-order valence-electron chi connectivity index (χ2n) is 5.50.